The highest BCUT2D eigenvalue weighted by molar-refractivity contribution is 6.99. The van der Waals surface area contributed by atoms with Crippen LogP contribution in [0.15, 0.2) is 60.7 Å². The number of esters is 1. The largest absolute Gasteiger partial charge is 0.469 e. The Hall–Kier alpha value is -1.95. The lowest BCUT2D eigenvalue weighted by atomic mass is 10.0. The third kappa shape index (κ3) is 5.16. The lowest BCUT2D eigenvalue weighted by Gasteiger charge is -2.45. The van der Waals surface area contributed by atoms with Crippen LogP contribution in [0.4, 0.5) is 0 Å². The fraction of sp³-hybridized carbons (Fsp3) is 0.519. The normalized spacial score (nSPS) is 21.2. The summed E-state index contributed by atoms with van der Waals surface area (Å²) in [4.78, 5) is 11.9. The van der Waals surface area contributed by atoms with Gasteiger partial charge in [0.15, 0.2) is 0 Å². The van der Waals surface area contributed by atoms with Crippen molar-refractivity contribution in [3.8, 4) is 0 Å². The van der Waals surface area contributed by atoms with Crippen molar-refractivity contribution in [1.82, 2.24) is 0 Å². The second-order valence-corrected chi connectivity index (χ2v) is 14.3. The van der Waals surface area contributed by atoms with Gasteiger partial charge in [-0.15, -0.1) is 0 Å². The van der Waals surface area contributed by atoms with E-state index in [1.165, 1.54) is 17.5 Å². The zero-order chi connectivity index (χ0) is 23.4. The molecule has 4 nitrogen and oxygen atoms in total. The second-order valence-electron chi connectivity index (χ2n) is 10.0. The maximum absolute atomic E-state index is 11.9. The molecule has 0 spiro atoms. The predicted molar refractivity (Wildman–Crippen MR) is 132 cm³/mol. The van der Waals surface area contributed by atoms with Crippen molar-refractivity contribution in [3.63, 3.8) is 0 Å². The van der Waals surface area contributed by atoms with Crippen molar-refractivity contribution in [2.45, 2.75) is 77.2 Å². The van der Waals surface area contributed by atoms with E-state index >= 15 is 0 Å². The average molecular weight is 455 g/mol. The Bertz CT molecular complexity index is 823. The number of carbonyl (C=O) groups excluding carboxylic acids is 1. The summed E-state index contributed by atoms with van der Waals surface area (Å²) in [7, 11) is -1.14. The van der Waals surface area contributed by atoms with Gasteiger partial charge in [0.05, 0.1) is 25.2 Å². The maximum atomic E-state index is 11.9. The molecule has 0 unspecified atom stereocenters. The lowest BCUT2D eigenvalue weighted by molar-refractivity contribution is -0.150. The van der Waals surface area contributed by atoms with Crippen LogP contribution in [0, 0.1) is 5.92 Å². The van der Waals surface area contributed by atoms with Gasteiger partial charge in [-0.2, -0.15) is 0 Å². The van der Waals surface area contributed by atoms with Crippen LogP contribution in [0.25, 0.3) is 0 Å². The van der Waals surface area contributed by atoms with Crippen molar-refractivity contribution in [2.24, 2.45) is 5.92 Å². The van der Waals surface area contributed by atoms with Crippen molar-refractivity contribution in [3.05, 3.63) is 60.7 Å². The molecular weight excluding hydrogens is 416 g/mol. The highest BCUT2D eigenvalue weighted by Crippen LogP contribution is 2.38. The third-order valence-corrected chi connectivity index (χ3v) is 11.8. The summed E-state index contributed by atoms with van der Waals surface area (Å²) in [6, 6.07) is 21.4. The molecule has 0 aromatic heterocycles. The smallest absolute Gasteiger partial charge is 0.311 e. The number of benzene rings is 2. The summed E-state index contributed by atoms with van der Waals surface area (Å²) in [5.41, 5.74) is 0. The van der Waals surface area contributed by atoms with Crippen LogP contribution in [-0.2, 0) is 18.7 Å². The molecule has 0 aliphatic carbocycles. The molecule has 0 radical (unpaired) electrons. The van der Waals surface area contributed by atoms with E-state index < -0.39 is 8.32 Å². The highest BCUT2D eigenvalue weighted by atomic mass is 28.4. The van der Waals surface area contributed by atoms with E-state index in [1.54, 1.807) is 0 Å². The van der Waals surface area contributed by atoms with E-state index in [0.29, 0.717) is 0 Å². The number of hydrogen-bond acceptors (Lipinski definition) is 4. The summed E-state index contributed by atoms with van der Waals surface area (Å²) in [5, 5.41) is 2.52. The first-order valence-electron chi connectivity index (χ1n) is 11.7. The van der Waals surface area contributed by atoms with Crippen LogP contribution in [0.2, 0.25) is 5.04 Å². The van der Waals surface area contributed by atoms with Crippen LogP contribution in [0.1, 0.15) is 53.9 Å². The van der Waals surface area contributed by atoms with Gasteiger partial charge in [-0.25, -0.2) is 0 Å². The molecular formula is C27H38O4Si. The van der Waals surface area contributed by atoms with E-state index in [2.05, 4.69) is 88.4 Å². The zero-order valence-electron chi connectivity index (χ0n) is 20.3. The predicted octanol–water partition coefficient (Wildman–Crippen LogP) is 4.70. The first-order valence-corrected chi connectivity index (χ1v) is 13.6. The SMILES string of the molecule is COC(=O)[C@@H](C)[C@@H]1CC[C@H](C[C@H](C)O[Si](c2ccccc2)(c2ccccc2)C(C)(C)C)O1. The number of hydrogen-bond donors (Lipinski definition) is 0. The van der Waals surface area contributed by atoms with Gasteiger partial charge in [-0.3, -0.25) is 4.79 Å². The summed E-state index contributed by atoms with van der Waals surface area (Å²) >= 11 is 0. The zero-order valence-corrected chi connectivity index (χ0v) is 21.3. The molecule has 0 bridgehead atoms. The monoisotopic (exact) mass is 454 g/mol. The third-order valence-electron chi connectivity index (χ3n) is 6.66. The minimum Gasteiger partial charge on any atom is -0.469 e. The van der Waals surface area contributed by atoms with Crippen LogP contribution < -0.4 is 10.4 Å². The summed E-state index contributed by atoms with van der Waals surface area (Å²) in [6.07, 6.45) is 2.69. The van der Waals surface area contributed by atoms with Crippen molar-refractivity contribution < 1.29 is 18.7 Å². The van der Waals surface area contributed by atoms with Gasteiger partial charge >= 0.3 is 5.97 Å². The van der Waals surface area contributed by atoms with Crippen molar-refractivity contribution >= 4 is 24.7 Å². The first-order chi connectivity index (χ1) is 15.2. The first kappa shape index (κ1) is 24.7. The summed E-state index contributed by atoms with van der Waals surface area (Å²) in [5.74, 6) is -0.440. The van der Waals surface area contributed by atoms with Gasteiger partial charge < -0.3 is 13.9 Å². The molecule has 3 rings (SSSR count). The maximum Gasteiger partial charge on any atom is 0.311 e. The molecule has 5 heteroatoms. The quantitative estimate of drug-likeness (QED) is 0.428. The summed E-state index contributed by atoms with van der Waals surface area (Å²) in [6.45, 7) is 10.9. The molecule has 2 aromatic carbocycles. The van der Waals surface area contributed by atoms with Crippen LogP contribution in [0.5, 0.6) is 0 Å². The molecule has 32 heavy (non-hydrogen) atoms. The molecule has 1 aliphatic rings. The molecule has 0 amide bonds. The second kappa shape index (κ2) is 10.3. The van der Waals surface area contributed by atoms with Crippen molar-refractivity contribution in [1.29, 1.82) is 0 Å². The number of carbonyl (C=O) groups is 1. The Morgan fingerprint density at radius 3 is 2.00 bits per heavy atom. The fourth-order valence-electron chi connectivity index (χ4n) is 5.02. The van der Waals surface area contributed by atoms with Gasteiger partial charge in [0, 0.05) is 6.10 Å². The lowest BCUT2D eigenvalue weighted by Crippen LogP contribution is -2.67. The Labute approximate surface area is 194 Å². The molecule has 1 saturated heterocycles. The van der Waals surface area contributed by atoms with Gasteiger partial charge in [0.2, 0.25) is 0 Å². The van der Waals surface area contributed by atoms with E-state index in [0.717, 1.165) is 19.3 Å². The molecule has 4 atom stereocenters. The van der Waals surface area contributed by atoms with E-state index in [-0.39, 0.29) is 35.2 Å². The number of rotatable bonds is 8. The van der Waals surface area contributed by atoms with Crippen LogP contribution in [-0.4, -0.2) is 39.7 Å². The Balaban J connectivity index is 1.84. The van der Waals surface area contributed by atoms with Crippen LogP contribution >= 0.6 is 0 Å². The van der Waals surface area contributed by atoms with Crippen molar-refractivity contribution in [2.75, 3.05) is 7.11 Å². The number of methoxy groups -OCH3 is 1. The molecule has 1 heterocycles. The molecule has 1 fully saturated rings. The molecule has 174 valence electrons. The Morgan fingerprint density at radius 1 is 1.00 bits per heavy atom. The molecule has 1 aliphatic heterocycles. The highest BCUT2D eigenvalue weighted by Gasteiger charge is 2.51. The number of ether oxygens (including phenoxy) is 2. The fourth-order valence-corrected chi connectivity index (χ4v) is 9.74. The molecule has 2 aromatic rings. The Morgan fingerprint density at radius 2 is 1.53 bits per heavy atom. The van der Waals surface area contributed by atoms with Gasteiger partial charge in [-0.1, -0.05) is 81.4 Å². The minimum absolute atomic E-state index is 0.0264. The Kier molecular flexibility index (Phi) is 7.96. The van der Waals surface area contributed by atoms with E-state index in [4.69, 9.17) is 13.9 Å². The van der Waals surface area contributed by atoms with Gasteiger partial charge in [0.1, 0.15) is 0 Å². The van der Waals surface area contributed by atoms with E-state index in [1.807, 2.05) is 6.92 Å². The topological polar surface area (TPSA) is 44.8 Å². The average Bonchev–Trinajstić information content (AvgIpc) is 3.25. The van der Waals surface area contributed by atoms with Gasteiger partial charge in [0.25, 0.3) is 8.32 Å². The molecule has 0 saturated carbocycles. The standard InChI is InChI=1S/C27H38O4Si/c1-20(19-22-17-18-25(30-22)21(2)26(28)29-6)31-32(27(3,4)5,23-13-9-7-10-14-23)24-15-11-8-12-16-24/h7-16,20-22,25H,17-19H2,1-6H3/t20-,21-,22+,25-/m0/s1. The minimum atomic E-state index is -2.58. The van der Waals surface area contributed by atoms with Gasteiger partial charge in [-0.05, 0) is 48.5 Å². The van der Waals surface area contributed by atoms with Crippen LogP contribution in [0.3, 0.4) is 0 Å². The molecule has 0 N–H and O–H groups in total. The van der Waals surface area contributed by atoms with E-state index in [9.17, 15) is 4.79 Å². The summed E-state index contributed by atoms with van der Waals surface area (Å²) < 4.78 is 18.3.